The molecular weight excluding hydrogens is 340 g/mol. The summed E-state index contributed by atoms with van der Waals surface area (Å²) in [4.78, 5) is 4.50. The summed E-state index contributed by atoms with van der Waals surface area (Å²) in [6.45, 7) is 0. The van der Waals surface area contributed by atoms with E-state index in [-0.39, 0.29) is 12.1 Å². The quantitative estimate of drug-likeness (QED) is 0.743. The van der Waals surface area contributed by atoms with Crippen LogP contribution in [0, 0.1) is 0 Å². The largest absolute Gasteiger partial charge is 0.497 e. The zero-order chi connectivity index (χ0) is 17.2. The van der Waals surface area contributed by atoms with Crippen molar-refractivity contribution in [3.8, 4) is 17.1 Å². The third kappa shape index (κ3) is 3.37. The number of aromatic nitrogens is 2. The van der Waals surface area contributed by atoms with Gasteiger partial charge in [-0.1, -0.05) is 41.0 Å². The fourth-order valence-corrected chi connectivity index (χ4v) is 3.08. The highest BCUT2D eigenvalue weighted by Crippen LogP contribution is 2.31. The molecule has 1 aromatic heterocycles. The third-order valence-electron chi connectivity index (χ3n) is 4.24. The maximum Gasteiger partial charge on any atom is 0.245 e. The summed E-state index contributed by atoms with van der Waals surface area (Å²) in [5.41, 5.74) is 8.51. The Morgan fingerprint density at radius 3 is 2.68 bits per heavy atom. The molecule has 128 valence electrons. The van der Waals surface area contributed by atoms with E-state index in [0.717, 1.165) is 17.7 Å². The summed E-state index contributed by atoms with van der Waals surface area (Å²) in [6, 6.07) is 15.5. The lowest BCUT2D eigenvalue weighted by Gasteiger charge is -2.09. The zero-order valence-corrected chi connectivity index (χ0v) is 14.3. The summed E-state index contributed by atoms with van der Waals surface area (Å²) in [6.07, 6.45) is 0.809. The van der Waals surface area contributed by atoms with Gasteiger partial charge in [0.25, 0.3) is 0 Å². The zero-order valence-electron chi connectivity index (χ0n) is 13.6. The van der Waals surface area contributed by atoms with Crippen molar-refractivity contribution < 1.29 is 9.26 Å². The van der Waals surface area contributed by atoms with Crippen LogP contribution in [0.5, 0.6) is 5.75 Å². The van der Waals surface area contributed by atoms with Gasteiger partial charge >= 0.3 is 0 Å². The first kappa shape index (κ1) is 16.1. The van der Waals surface area contributed by atoms with Gasteiger partial charge in [-0.15, -0.1) is 0 Å². The second kappa shape index (κ2) is 6.84. The fourth-order valence-electron chi connectivity index (χ4n) is 2.89. The first-order valence-corrected chi connectivity index (χ1v) is 8.35. The molecule has 0 saturated carbocycles. The third-order valence-corrected chi connectivity index (χ3v) is 4.48. The van der Waals surface area contributed by atoms with Gasteiger partial charge in [-0.25, -0.2) is 10.9 Å². The second-order valence-electron chi connectivity index (χ2n) is 5.87. The normalized spacial score (nSPS) is 19.9. The Hall–Kier alpha value is -2.41. The van der Waals surface area contributed by atoms with E-state index >= 15 is 0 Å². The van der Waals surface area contributed by atoms with Crippen LogP contribution in [0.25, 0.3) is 11.4 Å². The lowest BCUT2D eigenvalue weighted by molar-refractivity contribution is 0.340. The fraction of sp³-hybridized carbons (Fsp3) is 0.222. The number of benzene rings is 2. The SMILES string of the molecule is COc1ccc(C2CC(c3nc(-c4cccc(Cl)c4)no3)NN2)cc1. The topological polar surface area (TPSA) is 72.2 Å². The monoisotopic (exact) mass is 356 g/mol. The number of methoxy groups -OCH3 is 1. The molecule has 1 fully saturated rings. The average molecular weight is 357 g/mol. The number of rotatable bonds is 4. The Kier molecular flexibility index (Phi) is 4.40. The molecule has 7 heteroatoms. The van der Waals surface area contributed by atoms with E-state index in [2.05, 4.69) is 21.0 Å². The molecule has 1 saturated heterocycles. The van der Waals surface area contributed by atoms with Crippen LogP contribution in [0.15, 0.2) is 53.1 Å². The molecular formula is C18H17ClN4O2. The van der Waals surface area contributed by atoms with Gasteiger partial charge in [0.05, 0.1) is 7.11 Å². The van der Waals surface area contributed by atoms with Crippen molar-refractivity contribution >= 4 is 11.6 Å². The van der Waals surface area contributed by atoms with E-state index < -0.39 is 0 Å². The van der Waals surface area contributed by atoms with Gasteiger partial charge in [-0.05, 0) is 36.2 Å². The average Bonchev–Trinajstić information content (AvgIpc) is 3.31. The molecule has 2 aromatic carbocycles. The van der Waals surface area contributed by atoms with E-state index in [0.29, 0.717) is 16.7 Å². The minimum Gasteiger partial charge on any atom is -0.497 e. The summed E-state index contributed by atoms with van der Waals surface area (Å²) in [5, 5.41) is 4.71. The number of halogens is 1. The van der Waals surface area contributed by atoms with Crippen LogP contribution in [-0.4, -0.2) is 17.3 Å². The Bertz CT molecular complexity index is 866. The highest BCUT2D eigenvalue weighted by atomic mass is 35.5. The predicted octanol–water partition coefficient (Wildman–Crippen LogP) is 3.68. The van der Waals surface area contributed by atoms with Crippen molar-refractivity contribution in [2.24, 2.45) is 0 Å². The van der Waals surface area contributed by atoms with Gasteiger partial charge in [0.15, 0.2) is 0 Å². The van der Waals surface area contributed by atoms with Gasteiger partial charge in [0, 0.05) is 16.6 Å². The van der Waals surface area contributed by atoms with Crippen LogP contribution in [0.4, 0.5) is 0 Å². The molecule has 0 radical (unpaired) electrons. The minimum atomic E-state index is -0.0486. The standard InChI is InChI=1S/C18H17ClN4O2/c1-24-14-7-5-11(6-8-14)15-10-16(22-21-15)18-20-17(23-25-18)12-3-2-4-13(19)9-12/h2-9,15-16,21-22H,10H2,1H3. The molecule has 0 spiro atoms. The maximum absolute atomic E-state index is 6.02. The van der Waals surface area contributed by atoms with E-state index in [9.17, 15) is 0 Å². The van der Waals surface area contributed by atoms with Gasteiger partial charge in [-0.2, -0.15) is 4.98 Å². The van der Waals surface area contributed by atoms with E-state index in [1.165, 1.54) is 5.56 Å². The number of hydrazine groups is 1. The molecule has 3 aromatic rings. The Balaban J connectivity index is 1.48. The molecule has 4 rings (SSSR count). The van der Waals surface area contributed by atoms with Crippen LogP contribution in [0.1, 0.15) is 30.0 Å². The van der Waals surface area contributed by atoms with E-state index in [1.807, 2.05) is 48.5 Å². The summed E-state index contributed by atoms with van der Waals surface area (Å²) in [7, 11) is 1.66. The smallest absolute Gasteiger partial charge is 0.245 e. The van der Waals surface area contributed by atoms with Gasteiger partial charge in [0.1, 0.15) is 11.8 Å². The van der Waals surface area contributed by atoms with Crippen LogP contribution in [0.3, 0.4) is 0 Å². The van der Waals surface area contributed by atoms with Gasteiger partial charge in [0.2, 0.25) is 11.7 Å². The molecule has 6 nitrogen and oxygen atoms in total. The molecule has 2 heterocycles. The lowest BCUT2D eigenvalue weighted by atomic mass is 10.0. The van der Waals surface area contributed by atoms with Crippen molar-refractivity contribution in [2.75, 3.05) is 7.11 Å². The molecule has 2 N–H and O–H groups in total. The van der Waals surface area contributed by atoms with Crippen LogP contribution < -0.4 is 15.6 Å². The van der Waals surface area contributed by atoms with Gasteiger partial charge < -0.3 is 9.26 Å². The summed E-state index contributed by atoms with van der Waals surface area (Å²) in [5.74, 6) is 1.93. The predicted molar refractivity (Wildman–Crippen MR) is 94.1 cm³/mol. The highest BCUT2D eigenvalue weighted by molar-refractivity contribution is 6.30. The van der Waals surface area contributed by atoms with Crippen molar-refractivity contribution in [1.82, 2.24) is 21.0 Å². The molecule has 0 aliphatic carbocycles. The number of hydrogen-bond acceptors (Lipinski definition) is 6. The molecule has 1 aliphatic rings. The molecule has 2 atom stereocenters. The van der Waals surface area contributed by atoms with Crippen molar-refractivity contribution in [2.45, 2.75) is 18.5 Å². The van der Waals surface area contributed by atoms with Crippen LogP contribution >= 0.6 is 11.6 Å². The summed E-state index contributed by atoms with van der Waals surface area (Å²) >= 11 is 6.02. The lowest BCUT2D eigenvalue weighted by Crippen LogP contribution is -2.26. The molecule has 25 heavy (non-hydrogen) atoms. The Morgan fingerprint density at radius 2 is 1.92 bits per heavy atom. The van der Waals surface area contributed by atoms with Gasteiger partial charge in [-0.3, -0.25) is 0 Å². The van der Waals surface area contributed by atoms with E-state index in [4.69, 9.17) is 20.9 Å². The second-order valence-corrected chi connectivity index (χ2v) is 6.31. The molecule has 2 unspecified atom stereocenters. The number of hydrogen-bond donors (Lipinski definition) is 2. The molecule has 0 amide bonds. The number of nitrogens with one attached hydrogen (secondary N) is 2. The summed E-state index contributed by atoms with van der Waals surface area (Å²) < 4.78 is 10.6. The van der Waals surface area contributed by atoms with Crippen molar-refractivity contribution in [3.63, 3.8) is 0 Å². The first-order chi connectivity index (χ1) is 12.2. The highest BCUT2D eigenvalue weighted by Gasteiger charge is 2.30. The Labute approximate surface area is 150 Å². The number of ether oxygens (including phenoxy) is 1. The molecule has 1 aliphatic heterocycles. The van der Waals surface area contributed by atoms with E-state index in [1.54, 1.807) is 7.11 Å². The van der Waals surface area contributed by atoms with Crippen molar-refractivity contribution in [1.29, 1.82) is 0 Å². The maximum atomic E-state index is 6.02. The van der Waals surface area contributed by atoms with Crippen molar-refractivity contribution in [3.05, 3.63) is 65.0 Å². The minimum absolute atomic E-state index is 0.0486. The number of nitrogens with zero attached hydrogens (tertiary/aromatic N) is 2. The first-order valence-electron chi connectivity index (χ1n) is 7.97. The molecule has 0 bridgehead atoms. The van der Waals surface area contributed by atoms with Crippen LogP contribution in [0.2, 0.25) is 5.02 Å². The Morgan fingerprint density at radius 1 is 1.12 bits per heavy atom. The van der Waals surface area contributed by atoms with Crippen LogP contribution in [-0.2, 0) is 0 Å².